The number of hydrogen-bond donors (Lipinski definition) is 1. The Morgan fingerprint density at radius 3 is 2.40 bits per heavy atom. The zero-order valence-corrected chi connectivity index (χ0v) is 11.2. The summed E-state index contributed by atoms with van der Waals surface area (Å²) in [4.78, 5) is 4.51. The second-order valence-corrected chi connectivity index (χ2v) is 5.40. The molecule has 0 atom stereocenters. The van der Waals surface area contributed by atoms with E-state index in [-0.39, 0.29) is 0 Å². The molecule has 0 saturated heterocycles. The topological polar surface area (TPSA) is 24.9 Å². The fraction of sp³-hybridized carbons (Fsp3) is 0.167. The number of anilines is 1. The molecular weight excluding hydrogens is 244 g/mol. The van der Waals surface area contributed by atoms with Crippen LogP contribution < -0.4 is 5.32 Å². The van der Waals surface area contributed by atoms with E-state index in [9.17, 15) is 0 Å². The summed E-state index contributed by atoms with van der Waals surface area (Å²) in [5, 5.41) is 4.86. The minimum absolute atomic E-state index is 0.472. The third-order valence-corrected chi connectivity index (χ3v) is 4.04. The van der Waals surface area contributed by atoms with Gasteiger partial charge < -0.3 is 5.32 Å². The van der Waals surface area contributed by atoms with Crippen molar-refractivity contribution in [1.82, 2.24) is 4.98 Å². The van der Waals surface area contributed by atoms with Gasteiger partial charge in [0, 0.05) is 17.6 Å². The third-order valence-electron chi connectivity index (χ3n) is 4.04. The predicted molar refractivity (Wildman–Crippen MR) is 83.0 cm³/mol. The Balaban J connectivity index is 1.64. The van der Waals surface area contributed by atoms with Crippen molar-refractivity contribution < 1.29 is 0 Å². The minimum Gasteiger partial charge on any atom is -0.380 e. The smallest absolute Gasteiger partial charge is 0.0933 e. The Morgan fingerprint density at radius 1 is 0.850 bits per heavy atom. The number of fused-ring (bicyclic) bond motifs is 2. The molecule has 98 valence electrons. The Bertz CT molecular complexity index is 734. The van der Waals surface area contributed by atoms with Gasteiger partial charge >= 0.3 is 0 Å². The number of rotatable bonds is 2. The standard InChI is InChI=1S/C18H16N2/c1-2-6-15-12-16(11-14(15)5-1)20-17-9-3-7-13-8-4-10-19-18(13)17/h1-10,16,20H,11-12H2. The lowest BCUT2D eigenvalue weighted by atomic mass is 10.1. The van der Waals surface area contributed by atoms with Gasteiger partial charge in [0.25, 0.3) is 0 Å². The molecule has 0 fully saturated rings. The molecule has 0 aliphatic heterocycles. The van der Waals surface area contributed by atoms with Gasteiger partial charge in [-0.05, 0) is 36.1 Å². The lowest BCUT2D eigenvalue weighted by Gasteiger charge is -2.15. The maximum atomic E-state index is 4.51. The number of aromatic nitrogens is 1. The van der Waals surface area contributed by atoms with E-state index in [1.807, 2.05) is 12.3 Å². The first-order valence-electron chi connectivity index (χ1n) is 7.07. The molecule has 3 aromatic rings. The average molecular weight is 260 g/mol. The van der Waals surface area contributed by atoms with Crippen LogP contribution in [-0.4, -0.2) is 11.0 Å². The number of nitrogens with one attached hydrogen (secondary N) is 1. The molecule has 0 radical (unpaired) electrons. The van der Waals surface area contributed by atoms with Crippen molar-refractivity contribution >= 4 is 16.6 Å². The molecule has 1 aliphatic carbocycles. The highest BCUT2D eigenvalue weighted by molar-refractivity contribution is 5.90. The zero-order valence-electron chi connectivity index (χ0n) is 11.2. The summed E-state index contributed by atoms with van der Waals surface area (Å²) in [6.45, 7) is 0. The Morgan fingerprint density at radius 2 is 1.60 bits per heavy atom. The fourth-order valence-corrected chi connectivity index (χ4v) is 3.10. The molecule has 0 saturated carbocycles. The first-order valence-corrected chi connectivity index (χ1v) is 7.07. The normalized spacial score (nSPS) is 14.4. The quantitative estimate of drug-likeness (QED) is 0.757. The maximum Gasteiger partial charge on any atom is 0.0933 e. The molecule has 0 spiro atoms. The van der Waals surface area contributed by atoms with Crippen molar-refractivity contribution in [2.24, 2.45) is 0 Å². The van der Waals surface area contributed by atoms with E-state index in [1.54, 1.807) is 0 Å². The highest BCUT2D eigenvalue weighted by Gasteiger charge is 2.21. The second-order valence-electron chi connectivity index (χ2n) is 5.40. The largest absolute Gasteiger partial charge is 0.380 e. The van der Waals surface area contributed by atoms with Gasteiger partial charge in [-0.15, -0.1) is 0 Å². The van der Waals surface area contributed by atoms with Crippen LogP contribution in [0.3, 0.4) is 0 Å². The first kappa shape index (κ1) is 11.5. The van der Waals surface area contributed by atoms with Crippen molar-refractivity contribution in [2.75, 3.05) is 5.32 Å². The van der Waals surface area contributed by atoms with Gasteiger partial charge in [0.05, 0.1) is 11.2 Å². The van der Waals surface area contributed by atoms with Crippen LogP contribution in [0.1, 0.15) is 11.1 Å². The summed E-state index contributed by atoms with van der Waals surface area (Å²) in [5.41, 5.74) is 5.14. The fourth-order valence-electron chi connectivity index (χ4n) is 3.10. The van der Waals surface area contributed by atoms with E-state index in [0.717, 1.165) is 24.0 Å². The van der Waals surface area contributed by atoms with Crippen molar-refractivity contribution in [3.05, 3.63) is 71.9 Å². The third kappa shape index (κ3) is 1.94. The van der Waals surface area contributed by atoms with E-state index >= 15 is 0 Å². The summed E-state index contributed by atoms with van der Waals surface area (Å²) in [6, 6.07) is 19.6. The van der Waals surface area contributed by atoms with E-state index < -0.39 is 0 Å². The molecule has 0 bridgehead atoms. The van der Waals surface area contributed by atoms with E-state index in [2.05, 4.69) is 58.8 Å². The lowest BCUT2D eigenvalue weighted by molar-refractivity contribution is 0.775. The van der Waals surface area contributed by atoms with Crippen molar-refractivity contribution in [3.8, 4) is 0 Å². The molecule has 20 heavy (non-hydrogen) atoms. The molecule has 0 amide bonds. The number of hydrogen-bond acceptors (Lipinski definition) is 2. The van der Waals surface area contributed by atoms with Crippen molar-refractivity contribution in [2.45, 2.75) is 18.9 Å². The number of benzene rings is 2. The predicted octanol–water partition coefficient (Wildman–Crippen LogP) is 3.81. The Hall–Kier alpha value is -2.35. The SMILES string of the molecule is c1ccc2c(c1)CC(Nc1cccc3cccnc13)C2. The molecule has 1 aliphatic rings. The summed E-state index contributed by atoms with van der Waals surface area (Å²) in [6.07, 6.45) is 4.05. The minimum atomic E-state index is 0.472. The van der Waals surface area contributed by atoms with Crippen LogP contribution in [0, 0.1) is 0 Å². The Kier molecular flexibility index (Phi) is 2.66. The Labute approximate surface area is 118 Å². The van der Waals surface area contributed by atoms with Gasteiger partial charge in [-0.3, -0.25) is 4.98 Å². The van der Waals surface area contributed by atoms with Crippen LogP contribution >= 0.6 is 0 Å². The van der Waals surface area contributed by atoms with Gasteiger partial charge in [0.1, 0.15) is 0 Å². The molecule has 2 heteroatoms. The number of para-hydroxylation sites is 1. The zero-order chi connectivity index (χ0) is 13.4. The molecule has 1 aromatic heterocycles. The van der Waals surface area contributed by atoms with Gasteiger partial charge in [0.2, 0.25) is 0 Å². The van der Waals surface area contributed by atoms with E-state index in [4.69, 9.17) is 0 Å². The average Bonchev–Trinajstić information content (AvgIpc) is 2.90. The summed E-state index contributed by atoms with van der Waals surface area (Å²) < 4.78 is 0. The molecule has 0 unspecified atom stereocenters. The van der Waals surface area contributed by atoms with Gasteiger partial charge in [-0.1, -0.05) is 42.5 Å². The highest BCUT2D eigenvalue weighted by atomic mass is 14.9. The molecular formula is C18H16N2. The monoisotopic (exact) mass is 260 g/mol. The van der Waals surface area contributed by atoms with Crippen LogP contribution in [0.5, 0.6) is 0 Å². The highest BCUT2D eigenvalue weighted by Crippen LogP contribution is 2.27. The summed E-state index contributed by atoms with van der Waals surface area (Å²) in [7, 11) is 0. The molecule has 4 rings (SSSR count). The van der Waals surface area contributed by atoms with E-state index in [0.29, 0.717) is 6.04 Å². The molecule has 1 heterocycles. The molecule has 2 aromatic carbocycles. The van der Waals surface area contributed by atoms with Crippen LogP contribution in [0.15, 0.2) is 60.8 Å². The lowest BCUT2D eigenvalue weighted by Crippen LogP contribution is -2.19. The van der Waals surface area contributed by atoms with Crippen LogP contribution in [-0.2, 0) is 12.8 Å². The van der Waals surface area contributed by atoms with Crippen LogP contribution in [0.25, 0.3) is 10.9 Å². The van der Waals surface area contributed by atoms with Crippen LogP contribution in [0.4, 0.5) is 5.69 Å². The second kappa shape index (κ2) is 4.64. The number of pyridine rings is 1. The molecule has 2 nitrogen and oxygen atoms in total. The van der Waals surface area contributed by atoms with Gasteiger partial charge in [-0.2, -0.15) is 0 Å². The number of nitrogens with zero attached hydrogens (tertiary/aromatic N) is 1. The van der Waals surface area contributed by atoms with Crippen LogP contribution in [0.2, 0.25) is 0 Å². The van der Waals surface area contributed by atoms with Gasteiger partial charge in [-0.25, -0.2) is 0 Å². The summed E-state index contributed by atoms with van der Waals surface area (Å²) >= 11 is 0. The van der Waals surface area contributed by atoms with Crippen molar-refractivity contribution in [3.63, 3.8) is 0 Å². The van der Waals surface area contributed by atoms with Crippen molar-refractivity contribution in [1.29, 1.82) is 0 Å². The first-order chi connectivity index (χ1) is 9.90. The van der Waals surface area contributed by atoms with Gasteiger partial charge in [0.15, 0.2) is 0 Å². The van der Waals surface area contributed by atoms with E-state index in [1.165, 1.54) is 16.5 Å². The maximum absolute atomic E-state index is 4.51. The summed E-state index contributed by atoms with van der Waals surface area (Å²) in [5.74, 6) is 0. The molecule has 1 N–H and O–H groups in total.